The van der Waals surface area contributed by atoms with Gasteiger partial charge >= 0.3 is 0 Å². The molecule has 2 saturated heterocycles. The number of rotatable bonds is 4. The van der Waals surface area contributed by atoms with E-state index >= 15 is 0 Å². The number of hydrogen-bond acceptors (Lipinski definition) is 4. The molecule has 2 unspecified atom stereocenters. The molecule has 2 aliphatic heterocycles. The summed E-state index contributed by atoms with van der Waals surface area (Å²) in [5.41, 5.74) is 3.64. The third-order valence-corrected chi connectivity index (χ3v) is 6.15. The highest BCUT2D eigenvalue weighted by Crippen LogP contribution is 2.30. The van der Waals surface area contributed by atoms with Gasteiger partial charge in [0.25, 0.3) is 0 Å². The fourth-order valence-corrected chi connectivity index (χ4v) is 4.72. The normalized spacial score (nSPS) is 25.7. The zero-order chi connectivity index (χ0) is 16.2. The fraction of sp³-hybridized carbons (Fsp3) is 0.550. The average molecular weight is 343 g/mol. The number of pyridine rings is 1. The molecule has 0 aromatic carbocycles. The number of ether oxygens (including phenoxy) is 1. The maximum atomic E-state index is 5.63. The van der Waals surface area contributed by atoms with Gasteiger partial charge in [-0.05, 0) is 60.7 Å². The highest BCUT2D eigenvalue weighted by molar-refractivity contribution is 7.08. The Morgan fingerprint density at radius 2 is 2.17 bits per heavy atom. The SMILES string of the molecule is c1cc(-c2ccc(CN3CCCCC(C4CCOC4)C3)cn2)cs1. The summed E-state index contributed by atoms with van der Waals surface area (Å²) < 4.78 is 5.63. The van der Waals surface area contributed by atoms with E-state index in [2.05, 4.69) is 45.0 Å². The van der Waals surface area contributed by atoms with Crippen molar-refractivity contribution < 1.29 is 4.74 Å². The Morgan fingerprint density at radius 3 is 2.92 bits per heavy atom. The number of thiophene rings is 1. The van der Waals surface area contributed by atoms with E-state index in [1.165, 1.54) is 49.9 Å². The quantitative estimate of drug-likeness (QED) is 0.821. The van der Waals surface area contributed by atoms with Crippen LogP contribution in [0.2, 0.25) is 0 Å². The van der Waals surface area contributed by atoms with E-state index in [-0.39, 0.29) is 0 Å². The molecule has 2 aliphatic rings. The maximum Gasteiger partial charge on any atom is 0.0710 e. The molecule has 128 valence electrons. The highest BCUT2D eigenvalue weighted by atomic mass is 32.1. The van der Waals surface area contributed by atoms with Gasteiger partial charge in [0.2, 0.25) is 0 Å². The Morgan fingerprint density at radius 1 is 1.17 bits per heavy atom. The third-order valence-electron chi connectivity index (χ3n) is 5.47. The predicted octanol–water partition coefficient (Wildman–Crippen LogP) is 4.45. The van der Waals surface area contributed by atoms with Gasteiger partial charge in [-0.3, -0.25) is 9.88 Å². The van der Waals surface area contributed by atoms with Crippen LogP contribution in [0, 0.1) is 11.8 Å². The van der Waals surface area contributed by atoms with Crippen molar-refractivity contribution >= 4 is 11.3 Å². The lowest BCUT2D eigenvalue weighted by Crippen LogP contribution is -2.31. The van der Waals surface area contributed by atoms with E-state index < -0.39 is 0 Å². The highest BCUT2D eigenvalue weighted by Gasteiger charge is 2.28. The first-order valence-corrected chi connectivity index (χ1v) is 10.1. The molecular formula is C20H26N2OS. The van der Waals surface area contributed by atoms with Gasteiger partial charge in [0.15, 0.2) is 0 Å². The predicted molar refractivity (Wildman–Crippen MR) is 99.1 cm³/mol. The summed E-state index contributed by atoms with van der Waals surface area (Å²) in [6.07, 6.45) is 7.39. The van der Waals surface area contributed by atoms with E-state index in [0.717, 1.165) is 37.3 Å². The van der Waals surface area contributed by atoms with E-state index in [9.17, 15) is 0 Å². The second-order valence-corrected chi connectivity index (χ2v) is 7.96. The molecular weight excluding hydrogens is 316 g/mol. The van der Waals surface area contributed by atoms with Crippen molar-refractivity contribution in [2.45, 2.75) is 32.2 Å². The molecule has 2 fully saturated rings. The smallest absolute Gasteiger partial charge is 0.0710 e. The van der Waals surface area contributed by atoms with Crippen LogP contribution in [-0.2, 0) is 11.3 Å². The number of aromatic nitrogens is 1. The summed E-state index contributed by atoms with van der Waals surface area (Å²) in [7, 11) is 0. The molecule has 0 spiro atoms. The third kappa shape index (κ3) is 3.88. The minimum absolute atomic E-state index is 0.782. The van der Waals surface area contributed by atoms with Gasteiger partial charge in [-0.15, -0.1) is 0 Å². The zero-order valence-electron chi connectivity index (χ0n) is 14.2. The minimum atomic E-state index is 0.782. The first-order valence-electron chi connectivity index (χ1n) is 9.16. The molecule has 4 rings (SSSR count). The molecule has 0 N–H and O–H groups in total. The topological polar surface area (TPSA) is 25.4 Å². The van der Waals surface area contributed by atoms with Crippen molar-refractivity contribution in [2.75, 3.05) is 26.3 Å². The van der Waals surface area contributed by atoms with Gasteiger partial charge < -0.3 is 4.74 Å². The van der Waals surface area contributed by atoms with Crippen molar-refractivity contribution in [3.8, 4) is 11.3 Å². The van der Waals surface area contributed by atoms with Crippen molar-refractivity contribution in [2.24, 2.45) is 11.8 Å². The summed E-state index contributed by atoms with van der Waals surface area (Å²) in [4.78, 5) is 7.30. The Balaban J connectivity index is 1.39. The van der Waals surface area contributed by atoms with Gasteiger partial charge in [-0.2, -0.15) is 11.3 Å². The van der Waals surface area contributed by atoms with Crippen LogP contribution in [-0.4, -0.2) is 36.2 Å². The molecule has 3 nitrogen and oxygen atoms in total. The number of hydrogen-bond donors (Lipinski definition) is 0. The summed E-state index contributed by atoms with van der Waals surface area (Å²) in [5.74, 6) is 1.60. The lowest BCUT2D eigenvalue weighted by atomic mass is 9.88. The Labute approximate surface area is 148 Å². The summed E-state index contributed by atoms with van der Waals surface area (Å²) >= 11 is 1.72. The molecule has 2 aromatic rings. The first kappa shape index (κ1) is 16.2. The van der Waals surface area contributed by atoms with Crippen LogP contribution >= 0.6 is 11.3 Å². The lowest BCUT2D eigenvalue weighted by Gasteiger charge is -2.27. The van der Waals surface area contributed by atoms with Gasteiger partial charge in [0.05, 0.1) is 5.69 Å². The minimum Gasteiger partial charge on any atom is -0.381 e. The zero-order valence-corrected chi connectivity index (χ0v) is 15.0. The molecule has 0 saturated carbocycles. The summed E-state index contributed by atoms with van der Waals surface area (Å²) in [6, 6.07) is 6.55. The van der Waals surface area contributed by atoms with Crippen LogP contribution in [0.3, 0.4) is 0 Å². The molecule has 0 amide bonds. The van der Waals surface area contributed by atoms with E-state index in [0.29, 0.717) is 0 Å². The van der Waals surface area contributed by atoms with Crippen LogP contribution in [0.15, 0.2) is 35.2 Å². The lowest BCUT2D eigenvalue weighted by molar-refractivity contribution is 0.152. The van der Waals surface area contributed by atoms with Crippen molar-refractivity contribution in [1.82, 2.24) is 9.88 Å². The van der Waals surface area contributed by atoms with Crippen LogP contribution in [0.1, 0.15) is 31.2 Å². The van der Waals surface area contributed by atoms with E-state index in [4.69, 9.17) is 4.74 Å². The Bertz CT molecular complexity index is 620. The first-order chi connectivity index (χ1) is 11.9. The molecule has 4 heterocycles. The molecule has 4 heteroatoms. The van der Waals surface area contributed by atoms with Gasteiger partial charge in [0.1, 0.15) is 0 Å². The largest absolute Gasteiger partial charge is 0.381 e. The van der Waals surface area contributed by atoms with Gasteiger partial charge in [-0.25, -0.2) is 0 Å². The van der Waals surface area contributed by atoms with Gasteiger partial charge in [0, 0.05) is 43.4 Å². The molecule has 2 aromatic heterocycles. The Kier molecular flexibility index (Phi) is 5.26. The van der Waals surface area contributed by atoms with Gasteiger partial charge in [-0.1, -0.05) is 12.5 Å². The second-order valence-electron chi connectivity index (χ2n) is 7.18. The van der Waals surface area contributed by atoms with Crippen molar-refractivity contribution in [1.29, 1.82) is 0 Å². The second kappa shape index (κ2) is 7.77. The molecule has 0 aliphatic carbocycles. The van der Waals surface area contributed by atoms with Crippen molar-refractivity contribution in [3.05, 3.63) is 40.7 Å². The summed E-state index contributed by atoms with van der Waals surface area (Å²) in [5, 5.41) is 4.26. The molecule has 24 heavy (non-hydrogen) atoms. The Hall–Kier alpha value is -1.23. The van der Waals surface area contributed by atoms with Crippen molar-refractivity contribution in [3.63, 3.8) is 0 Å². The van der Waals surface area contributed by atoms with Crippen LogP contribution in [0.5, 0.6) is 0 Å². The van der Waals surface area contributed by atoms with E-state index in [1.807, 2.05) is 0 Å². The monoisotopic (exact) mass is 342 g/mol. The average Bonchev–Trinajstić information content (AvgIpc) is 3.28. The number of likely N-dealkylation sites (tertiary alicyclic amines) is 1. The maximum absolute atomic E-state index is 5.63. The summed E-state index contributed by atoms with van der Waals surface area (Å²) in [6.45, 7) is 5.42. The molecule has 2 atom stereocenters. The van der Waals surface area contributed by atoms with Crippen LogP contribution in [0.25, 0.3) is 11.3 Å². The number of nitrogens with zero attached hydrogens (tertiary/aromatic N) is 2. The van der Waals surface area contributed by atoms with E-state index in [1.54, 1.807) is 11.3 Å². The molecule has 0 radical (unpaired) electrons. The van der Waals surface area contributed by atoms with Crippen LogP contribution < -0.4 is 0 Å². The fourth-order valence-electron chi connectivity index (χ4n) is 4.07. The van der Waals surface area contributed by atoms with Crippen LogP contribution in [0.4, 0.5) is 0 Å². The molecule has 0 bridgehead atoms. The standard InChI is InChI=1S/C20H26N2OS/c1-2-8-22(13-17(3-1)18-6-9-23-14-18)12-16-4-5-20(21-11-16)19-7-10-24-15-19/h4-5,7,10-11,15,17-18H,1-3,6,8-9,12-14H2.